The molecule has 2 rings (SSSR count). The smallest absolute Gasteiger partial charge is 0.131 e. The van der Waals surface area contributed by atoms with Crippen LogP contribution in [0.4, 0.5) is 0 Å². The van der Waals surface area contributed by atoms with Crippen LogP contribution in [0.15, 0.2) is 24.3 Å². The Morgan fingerprint density at radius 3 is 2.67 bits per heavy atom. The van der Waals surface area contributed by atoms with Crippen molar-refractivity contribution in [3.8, 4) is 11.5 Å². The zero-order valence-corrected chi connectivity index (χ0v) is 9.63. The third-order valence-corrected chi connectivity index (χ3v) is 2.55. The van der Waals surface area contributed by atoms with E-state index in [-0.39, 0.29) is 5.60 Å². The van der Waals surface area contributed by atoms with Crippen molar-refractivity contribution in [2.75, 3.05) is 7.11 Å². The summed E-state index contributed by atoms with van der Waals surface area (Å²) in [6.45, 7) is 6.22. The van der Waals surface area contributed by atoms with E-state index in [9.17, 15) is 0 Å². The van der Waals surface area contributed by atoms with E-state index >= 15 is 0 Å². The molecular formula is C13H16O2. The molecule has 0 fully saturated rings. The first-order chi connectivity index (χ1) is 7.02. The van der Waals surface area contributed by atoms with Crippen molar-refractivity contribution in [2.45, 2.75) is 26.4 Å². The Hall–Kier alpha value is -1.44. The summed E-state index contributed by atoms with van der Waals surface area (Å²) in [7, 11) is 1.67. The first kappa shape index (κ1) is 10.1. The molecule has 0 saturated heterocycles. The lowest BCUT2D eigenvalue weighted by Crippen LogP contribution is -2.28. The molecule has 1 heterocycles. The second kappa shape index (κ2) is 3.30. The molecule has 1 aromatic carbocycles. The normalized spacial score (nSPS) is 17.5. The summed E-state index contributed by atoms with van der Waals surface area (Å²) in [5.74, 6) is 1.73. The highest BCUT2D eigenvalue weighted by molar-refractivity contribution is 5.72. The summed E-state index contributed by atoms with van der Waals surface area (Å²) < 4.78 is 11.1. The predicted octanol–water partition coefficient (Wildman–Crippen LogP) is 3.27. The average molecular weight is 204 g/mol. The number of benzene rings is 1. The predicted molar refractivity (Wildman–Crippen MR) is 61.4 cm³/mol. The Labute approximate surface area is 90.5 Å². The summed E-state index contributed by atoms with van der Waals surface area (Å²) in [5, 5.41) is 0. The van der Waals surface area contributed by atoms with E-state index in [1.54, 1.807) is 7.11 Å². The highest BCUT2D eigenvalue weighted by Crippen LogP contribution is 2.37. The Bertz CT molecular complexity index is 417. The number of allylic oxidation sites excluding steroid dienone is 1. The molecule has 1 aliphatic rings. The van der Waals surface area contributed by atoms with Crippen molar-refractivity contribution in [3.05, 3.63) is 29.8 Å². The Kier molecular flexibility index (Phi) is 2.22. The first-order valence-corrected chi connectivity index (χ1v) is 5.09. The summed E-state index contributed by atoms with van der Waals surface area (Å²) in [6.07, 6.45) is 2.14. The zero-order valence-electron chi connectivity index (χ0n) is 9.63. The number of ether oxygens (including phenoxy) is 2. The van der Waals surface area contributed by atoms with Crippen LogP contribution in [0.2, 0.25) is 0 Å². The minimum Gasteiger partial charge on any atom is -0.497 e. The molecule has 80 valence electrons. The fraction of sp³-hybridized carbons (Fsp3) is 0.385. The van der Waals surface area contributed by atoms with Crippen LogP contribution in [0.1, 0.15) is 26.3 Å². The van der Waals surface area contributed by atoms with Crippen LogP contribution < -0.4 is 9.47 Å². The van der Waals surface area contributed by atoms with E-state index in [1.807, 2.05) is 18.2 Å². The van der Waals surface area contributed by atoms with Gasteiger partial charge in [0.2, 0.25) is 0 Å². The molecule has 0 atom stereocenters. The van der Waals surface area contributed by atoms with Gasteiger partial charge in [0.15, 0.2) is 0 Å². The lowest BCUT2D eigenvalue weighted by atomic mass is 9.96. The standard InChI is InChI=1S/C13H16O2/c1-9-8-13(2,3)15-12-7-10(14-4)5-6-11(9)12/h5-8H,1-4H3. The first-order valence-electron chi connectivity index (χ1n) is 5.09. The van der Waals surface area contributed by atoms with E-state index in [0.717, 1.165) is 17.1 Å². The van der Waals surface area contributed by atoms with Crippen molar-refractivity contribution in [3.63, 3.8) is 0 Å². The molecule has 0 bridgehead atoms. The summed E-state index contributed by atoms with van der Waals surface area (Å²) in [4.78, 5) is 0. The van der Waals surface area contributed by atoms with Crippen molar-refractivity contribution < 1.29 is 9.47 Å². The Morgan fingerprint density at radius 2 is 2.00 bits per heavy atom. The fourth-order valence-corrected chi connectivity index (χ4v) is 1.95. The molecular weight excluding hydrogens is 188 g/mol. The Balaban J connectivity index is 2.51. The monoisotopic (exact) mass is 204 g/mol. The van der Waals surface area contributed by atoms with Gasteiger partial charge in [-0.1, -0.05) is 0 Å². The number of hydrogen-bond donors (Lipinski definition) is 0. The summed E-state index contributed by atoms with van der Waals surface area (Å²) >= 11 is 0. The topological polar surface area (TPSA) is 18.5 Å². The summed E-state index contributed by atoms with van der Waals surface area (Å²) in [6, 6.07) is 5.93. The molecule has 0 saturated carbocycles. The zero-order chi connectivity index (χ0) is 11.1. The number of fused-ring (bicyclic) bond motifs is 1. The maximum absolute atomic E-state index is 5.88. The van der Waals surface area contributed by atoms with E-state index in [0.29, 0.717) is 0 Å². The molecule has 0 radical (unpaired) electrons. The van der Waals surface area contributed by atoms with Crippen LogP contribution in [0, 0.1) is 0 Å². The van der Waals surface area contributed by atoms with Crippen LogP contribution in [0.5, 0.6) is 11.5 Å². The van der Waals surface area contributed by atoms with Gasteiger partial charge in [0, 0.05) is 11.6 Å². The molecule has 0 aromatic heterocycles. The van der Waals surface area contributed by atoms with Gasteiger partial charge in [-0.15, -0.1) is 0 Å². The van der Waals surface area contributed by atoms with Gasteiger partial charge >= 0.3 is 0 Å². The quantitative estimate of drug-likeness (QED) is 0.699. The Morgan fingerprint density at radius 1 is 1.27 bits per heavy atom. The average Bonchev–Trinajstić information content (AvgIpc) is 2.14. The number of hydrogen-bond acceptors (Lipinski definition) is 2. The van der Waals surface area contributed by atoms with Crippen molar-refractivity contribution in [2.24, 2.45) is 0 Å². The lowest BCUT2D eigenvalue weighted by Gasteiger charge is -2.30. The second-order valence-corrected chi connectivity index (χ2v) is 4.39. The summed E-state index contributed by atoms with van der Waals surface area (Å²) in [5.41, 5.74) is 2.17. The highest BCUT2D eigenvalue weighted by Gasteiger charge is 2.24. The van der Waals surface area contributed by atoms with Gasteiger partial charge < -0.3 is 9.47 Å². The van der Waals surface area contributed by atoms with E-state index in [1.165, 1.54) is 5.57 Å². The molecule has 0 unspecified atom stereocenters. The molecule has 1 aromatic rings. The van der Waals surface area contributed by atoms with Gasteiger partial charge in [0.05, 0.1) is 7.11 Å². The van der Waals surface area contributed by atoms with Crippen molar-refractivity contribution >= 4 is 5.57 Å². The molecule has 0 spiro atoms. The third kappa shape index (κ3) is 1.84. The molecule has 0 N–H and O–H groups in total. The molecule has 2 heteroatoms. The molecule has 0 amide bonds. The maximum Gasteiger partial charge on any atom is 0.131 e. The van der Waals surface area contributed by atoms with Gasteiger partial charge in [-0.2, -0.15) is 0 Å². The van der Waals surface area contributed by atoms with Crippen LogP contribution in [0.25, 0.3) is 5.57 Å². The largest absolute Gasteiger partial charge is 0.497 e. The van der Waals surface area contributed by atoms with Gasteiger partial charge in [-0.25, -0.2) is 0 Å². The molecule has 2 nitrogen and oxygen atoms in total. The second-order valence-electron chi connectivity index (χ2n) is 4.39. The lowest BCUT2D eigenvalue weighted by molar-refractivity contribution is 0.157. The SMILES string of the molecule is COc1ccc2c(c1)OC(C)(C)C=C2C. The van der Waals surface area contributed by atoms with Gasteiger partial charge in [0.25, 0.3) is 0 Å². The van der Waals surface area contributed by atoms with E-state index in [4.69, 9.17) is 9.47 Å². The third-order valence-electron chi connectivity index (χ3n) is 2.55. The van der Waals surface area contributed by atoms with Crippen molar-refractivity contribution in [1.29, 1.82) is 0 Å². The van der Waals surface area contributed by atoms with Crippen molar-refractivity contribution in [1.82, 2.24) is 0 Å². The minimum absolute atomic E-state index is 0.233. The highest BCUT2D eigenvalue weighted by atomic mass is 16.5. The van der Waals surface area contributed by atoms with Gasteiger partial charge in [-0.3, -0.25) is 0 Å². The fourth-order valence-electron chi connectivity index (χ4n) is 1.95. The molecule has 0 aliphatic carbocycles. The molecule has 1 aliphatic heterocycles. The van der Waals surface area contributed by atoms with Gasteiger partial charge in [0.1, 0.15) is 17.1 Å². The van der Waals surface area contributed by atoms with Crippen LogP contribution in [0.3, 0.4) is 0 Å². The van der Waals surface area contributed by atoms with Crippen LogP contribution >= 0.6 is 0 Å². The number of methoxy groups -OCH3 is 1. The number of rotatable bonds is 1. The van der Waals surface area contributed by atoms with Crippen LogP contribution in [-0.4, -0.2) is 12.7 Å². The van der Waals surface area contributed by atoms with E-state index in [2.05, 4.69) is 26.8 Å². The minimum atomic E-state index is -0.233. The maximum atomic E-state index is 5.88. The van der Waals surface area contributed by atoms with E-state index < -0.39 is 0 Å². The van der Waals surface area contributed by atoms with Gasteiger partial charge in [-0.05, 0) is 44.6 Å². The molecule has 15 heavy (non-hydrogen) atoms. The van der Waals surface area contributed by atoms with Crippen LogP contribution in [-0.2, 0) is 0 Å².